The lowest BCUT2D eigenvalue weighted by molar-refractivity contribution is 0.139. The third-order valence-corrected chi connectivity index (χ3v) is 3.83. The number of rotatable bonds is 1. The van der Waals surface area contributed by atoms with Gasteiger partial charge >= 0.3 is 0 Å². The van der Waals surface area contributed by atoms with Crippen molar-refractivity contribution >= 4 is 0 Å². The van der Waals surface area contributed by atoms with Crippen LogP contribution in [0, 0.1) is 5.92 Å². The summed E-state index contributed by atoms with van der Waals surface area (Å²) in [5.74, 6) is 1.95. The van der Waals surface area contributed by atoms with Crippen molar-refractivity contribution in [2.75, 3.05) is 19.7 Å². The number of ether oxygens (including phenoxy) is 1. The Labute approximate surface area is 97.2 Å². The Hall–Kier alpha value is -1.02. The predicted octanol–water partition coefficient (Wildman–Crippen LogP) is 2.33. The number of likely N-dealkylation sites (tertiary alicyclic amines) is 1. The summed E-state index contributed by atoms with van der Waals surface area (Å²) in [4.78, 5) is 2.60. The van der Waals surface area contributed by atoms with Crippen LogP contribution in [0.25, 0.3) is 0 Å². The third kappa shape index (κ3) is 1.82. The van der Waals surface area contributed by atoms with Crippen LogP contribution in [0.15, 0.2) is 24.3 Å². The first kappa shape index (κ1) is 10.2. The maximum absolute atomic E-state index is 5.84. The van der Waals surface area contributed by atoms with Gasteiger partial charge in [-0.2, -0.15) is 0 Å². The van der Waals surface area contributed by atoms with Crippen molar-refractivity contribution in [3.8, 4) is 5.75 Å². The van der Waals surface area contributed by atoms with Crippen LogP contribution in [0.5, 0.6) is 5.75 Å². The van der Waals surface area contributed by atoms with Crippen LogP contribution in [0.4, 0.5) is 0 Å². The monoisotopic (exact) mass is 217 g/mol. The highest BCUT2D eigenvalue weighted by atomic mass is 16.5. The molecule has 0 spiro atoms. The molecule has 1 fully saturated rings. The molecule has 1 aromatic carbocycles. The molecule has 3 rings (SSSR count). The normalized spacial score (nSPS) is 29.8. The highest BCUT2D eigenvalue weighted by Crippen LogP contribution is 2.28. The van der Waals surface area contributed by atoms with Crippen molar-refractivity contribution in [1.82, 2.24) is 4.90 Å². The highest BCUT2D eigenvalue weighted by Gasteiger charge is 2.29. The number of fused-ring (bicyclic) bond motifs is 1. The Bertz CT molecular complexity index is 377. The van der Waals surface area contributed by atoms with Gasteiger partial charge in [0, 0.05) is 12.6 Å². The number of hydrogen-bond acceptors (Lipinski definition) is 2. The summed E-state index contributed by atoms with van der Waals surface area (Å²) in [5, 5.41) is 0. The summed E-state index contributed by atoms with van der Waals surface area (Å²) in [5.41, 5.74) is 1.37. The first-order valence-corrected chi connectivity index (χ1v) is 6.27. The topological polar surface area (TPSA) is 12.5 Å². The van der Waals surface area contributed by atoms with Crippen LogP contribution in [-0.4, -0.2) is 30.6 Å². The molecule has 16 heavy (non-hydrogen) atoms. The molecule has 0 aliphatic carbocycles. The molecule has 2 heteroatoms. The lowest BCUT2D eigenvalue weighted by Crippen LogP contribution is -2.41. The van der Waals surface area contributed by atoms with Gasteiger partial charge < -0.3 is 4.74 Å². The lowest BCUT2D eigenvalue weighted by Gasteiger charge is -2.32. The second kappa shape index (κ2) is 4.10. The van der Waals surface area contributed by atoms with E-state index in [0.717, 1.165) is 24.7 Å². The Kier molecular flexibility index (Phi) is 2.60. The van der Waals surface area contributed by atoms with Crippen molar-refractivity contribution in [1.29, 1.82) is 0 Å². The summed E-state index contributed by atoms with van der Waals surface area (Å²) in [7, 11) is 0. The van der Waals surface area contributed by atoms with Gasteiger partial charge in [0.05, 0.1) is 0 Å². The van der Waals surface area contributed by atoms with Gasteiger partial charge in [0.1, 0.15) is 12.4 Å². The Balaban J connectivity index is 1.73. The molecular formula is C14H19NO. The molecule has 2 atom stereocenters. The van der Waals surface area contributed by atoms with Crippen LogP contribution in [0.1, 0.15) is 18.9 Å². The van der Waals surface area contributed by atoms with E-state index in [4.69, 9.17) is 4.74 Å². The largest absolute Gasteiger partial charge is 0.492 e. The molecular weight excluding hydrogens is 198 g/mol. The third-order valence-electron chi connectivity index (χ3n) is 3.83. The molecule has 86 valence electrons. The number of nitrogens with zero attached hydrogens (tertiary/aromatic N) is 1. The van der Waals surface area contributed by atoms with Crippen molar-refractivity contribution in [2.24, 2.45) is 5.92 Å². The Morgan fingerprint density at radius 2 is 2.19 bits per heavy atom. The lowest BCUT2D eigenvalue weighted by atomic mass is 10.0. The van der Waals surface area contributed by atoms with Gasteiger partial charge in [0.25, 0.3) is 0 Å². The van der Waals surface area contributed by atoms with E-state index in [2.05, 4.69) is 36.1 Å². The van der Waals surface area contributed by atoms with Gasteiger partial charge in [-0.05, 0) is 36.9 Å². The maximum atomic E-state index is 5.84. The zero-order valence-electron chi connectivity index (χ0n) is 9.86. The second-order valence-corrected chi connectivity index (χ2v) is 5.17. The molecule has 0 bridgehead atoms. The summed E-state index contributed by atoms with van der Waals surface area (Å²) in [6, 6.07) is 9.04. The average molecular weight is 217 g/mol. The number of para-hydroxylation sites is 1. The smallest absolute Gasteiger partial charge is 0.122 e. The number of benzene rings is 1. The second-order valence-electron chi connectivity index (χ2n) is 5.17. The van der Waals surface area contributed by atoms with Crippen LogP contribution < -0.4 is 4.74 Å². The maximum Gasteiger partial charge on any atom is 0.122 e. The van der Waals surface area contributed by atoms with E-state index in [1.54, 1.807) is 0 Å². The van der Waals surface area contributed by atoms with E-state index in [1.165, 1.54) is 25.1 Å². The van der Waals surface area contributed by atoms with Gasteiger partial charge in [0.15, 0.2) is 0 Å². The van der Waals surface area contributed by atoms with Crippen molar-refractivity contribution in [2.45, 2.75) is 25.8 Å². The fourth-order valence-corrected chi connectivity index (χ4v) is 2.85. The fraction of sp³-hybridized carbons (Fsp3) is 0.571. The van der Waals surface area contributed by atoms with Crippen LogP contribution >= 0.6 is 0 Å². The minimum absolute atomic E-state index is 0.597. The van der Waals surface area contributed by atoms with Crippen molar-refractivity contribution in [3.05, 3.63) is 29.8 Å². The fourth-order valence-electron chi connectivity index (χ4n) is 2.85. The average Bonchev–Trinajstić information content (AvgIpc) is 2.75. The predicted molar refractivity (Wildman–Crippen MR) is 64.8 cm³/mol. The van der Waals surface area contributed by atoms with Crippen molar-refractivity contribution in [3.63, 3.8) is 0 Å². The molecule has 2 aliphatic rings. The first-order chi connectivity index (χ1) is 7.83. The summed E-state index contributed by atoms with van der Waals surface area (Å²) in [6.45, 7) is 5.70. The van der Waals surface area contributed by atoms with Crippen LogP contribution in [-0.2, 0) is 6.42 Å². The Morgan fingerprint density at radius 1 is 1.31 bits per heavy atom. The molecule has 2 nitrogen and oxygen atoms in total. The summed E-state index contributed by atoms with van der Waals surface area (Å²) < 4.78 is 5.84. The highest BCUT2D eigenvalue weighted by molar-refractivity contribution is 5.35. The SMILES string of the molecule is C[C@H]1CCN([C@H]2COc3ccccc3C2)C1. The molecule has 0 radical (unpaired) electrons. The minimum Gasteiger partial charge on any atom is -0.492 e. The zero-order valence-corrected chi connectivity index (χ0v) is 9.86. The van der Waals surface area contributed by atoms with Gasteiger partial charge in [-0.15, -0.1) is 0 Å². The molecule has 0 N–H and O–H groups in total. The quantitative estimate of drug-likeness (QED) is 0.716. The van der Waals surface area contributed by atoms with E-state index >= 15 is 0 Å². The molecule has 0 amide bonds. The molecule has 0 saturated carbocycles. The van der Waals surface area contributed by atoms with E-state index < -0.39 is 0 Å². The summed E-state index contributed by atoms with van der Waals surface area (Å²) >= 11 is 0. The number of hydrogen-bond donors (Lipinski definition) is 0. The van der Waals surface area contributed by atoms with Crippen LogP contribution in [0.3, 0.4) is 0 Å². The van der Waals surface area contributed by atoms with Gasteiger partial charge in [-0.1, -0.05) is 25.1 Å². The molecule has 0 aromatic heterocycles. The van der Waals surface area contributed by atoms with E-state index in [1.807, 2.05) is 0 Å². The minimum atomic E-state index is 0.597. The standard InChI is InChI=1S/C14H19NO/c1-11-6-7-15(9-11)13-8-12-4-2-3-5-14(12)16-10-13/h2-5,11,13H,6-10H2,1H3/t11-,13+/m0/s1. The zero-order chi connectivity index (χ0) is 11.0. The van der Waals surface area contributed by atoms with E-state index in [9.17, 15) is 0 Å². The molecule has 1 saturated heterocycles. The Morgan fingerprint density at radius 3 is 3.00 bits per heavy atom. The molecule has 2 heterocycles. The molecule has 1 aromatic rings. The van der Waals surface area contributed by atoms with Gasteiger partial charge in [-0.25, -0.2) is 0 Å². The van der Waals surface area contributed by atoms with E-state index in [-0.39, 0.29) is 0 Å². The van der Waals surface area contributed by atoms with Crippen molar-refractivity contribution < 1.29 is 4.74 Å². The van der Waals surface area contributed by atoms with E-state index in [0.29, 0.717) is 6.04 Å². The summed E-state index contributed by atoms with van der Waals surface area (Å²) in [6.07, 6.45) is 2.50. The van der Waals surface area contributed by atoms with Crippen LogP contribution in [0.2, 0.25) is 0 Å². The molecule has 2 aliphatic heterocycles. The van der Waals surface area contributed by atoms with Gasteiger partial charge in [-0.3, -0.25) is 4.90 Å². The first-order valence-electron chi connectivity index (χ1n) is 6.27. The molecule has 0 unspecified atom stereocenters. The van der Waals surface area contributed by atoms with Gasteiger partial charge in [0.2, 0.25) is 0 Å².